The maximum absolute atomic E-state index is 12.5. The Bertz CT molecular complexity index is 989. The molecule has 1 N–H and O–H groups in total. The van der Waals surface area contributed by atoms with E-state index in [9.17, 15) is 19.2 Å². The molecule has 0 aromatic heterocycles. The highest BCUT2D eigenvalue weighted by atomic mass is 16.5. The van der Waals surface area contributed by atoms with E-state index in [0.717, 1.165) is 21.6 Å². The van der Waals surface area contributed by atoms with Crippen LogP contribution in [-0.2, 0) is 25.5 Å². The van der Waals surface area contributed by atoms with Crippen LogP contribution in [0.3, 0.4) is 0 Å². The fourth-order valence-corrected chi connectivity index (χ4v) is 3.43. The maximum atomic E-state index is 12.5. The molecule has 3 rings (SSSR count). The number of carbonyl (C=O) groups excluding carboxylic acids is 4. The lowest BCUT2D eigenvalue weighted by Gasteiger charge is -2.25. The monoisotopic (exact) mass is 394 g/mol. The summed E-state index contributed by atoms with van der Waals surface area (Å²) in [7, 11) is 0. The van der Waals surface area contributed by atoms with E-state index in [4.69, 9.17) is 4.74 Å². The van der Waals surface area contributed by atoms with Crippen LogP contribution in [0.25, 0.3) is 0 Å². The van der Waals surface area contributed by atoms with Gasteiger partial charge in [0.2, 0.25) is 5.91 Å². The summed E-state index contributed by atoms with van der Waals surface area (Å²) >= 11 is 0. The number of anilines is 1. The van der Waals surface area contributed by atoms with Crippen molar-refractivity contribution in [3.8, 4) is 0 Å². The molecule has 7 nitrogen and oxygen atoms in total. The number of ether oxygens (including phenoxy) is 1. The molecule has 2 aromatic carbocycles. The first-order valence-electron chi connectivity index (χ1n) is 9.22. The van der Waals surface area contributed by atoms with Gasteiger partial charge in [0.1, 0.15) is 6.54 Å². The van der Waals surface area contributed by atoms with Crippen molar-refractivity contribution in [1.29, 1.82) is 0 Å². The minimum atomic E-state index is -0.821. The highest BCUT2D eigenvalue weighted by molar-refractivity contribution is 6.11. The first-order chi connectivity index (χ1) is 13.8. The fourth-order valence-electron chi connectivity index (χ4n) is 3.43. The van der Waals surface area contributed by atoms with Gasteiger partial charge in [0.25, 0.3) is 11.8 Å². The van der Waals surface area contributed by atoms with Gasteiger partial charge in [-0.25, -0.2) is 0 Å². The molecule has 0 saturated heterocycles. The molecule has 150 valence electrons. The van der Waals surface area contributed by atoms with E-state index in [2.05, 4.69) is 5.32 Å². The second-order valence-corrected chi connectivity index (χ2v) is 7.10. The minimum Gasteiger partial charge on any atom is -0.454 e. The normalized spacial score (nSPS) is 13.1. The summed E-state index contributed by atoms with van der Waals surface area (Å²) in [6, 6.07) is 10.7. The predicted octanol–water partition coefficient (Wildman–Crippen LogP) is 2.32. The zero-order chi connectivity index (χ0) is 21.1. The number of benzene rings is 2. The SMILES string of the molecule is Cc1cc(C)c(NC(=O)COC(=O)CN2C(=O)Cc3ccccc3C2=O)c(C)c1. The molecule has 1 aliphatic rings. The van der Waals surface area contributed by atoms with Crippen molar-refractivity contribution >= 4 is 29.4 Å². The van der Waals surface area contributed by atoms with Gasteiger partial charge >= 0.3 is 5.97 Å². The number of rotatable bonds is 5. The molecular formula is C22H22N2O5. The minimum absolute atomic E-state index is 0.0433. The average Bonchev–Trinajstić information content (AvgIpc) is 2.66. The molecule has 1 heterocycles. The number of hydrogen-bond donors (Lipinski definition) is 1. The van der Waals surface area contributed by atoms with Gasteiger partial charge < -0.3 is 10.1 Å². The molecule has 0 saturated carbocycles. The maximum Gasteiger partial charge on any atom is 0.326 e. The molecule has 0 aliphatic carbocycles. The summed E-state index contributed by atoms with van der Waals surface area (Å²) in [5, 5.41) is 2.73. The van der Waals surface area contributed by atoms with Crippen molar-refractivity contribution in [3.63, 3.8) is 0 Å². The second kappa shape index (κ2) is 8.26. The Morgan fingerprint density at radius 1 is 1.07 bits per heavy atom. The number of imide groups is 1. The van der Waals surface area contributed by atoms with E-state index in [0.29, 0.717) is 16.8 Å². The highest BCUT2D eigenvalue weighted by Gasteiger charge is 2.32. The number of carbonyl (C=O) groups is 4. The third kappa shape index (κ3) is 4.51. The van der Waals surface area contributed by atoms with Gasteiger partial charge in [0.15, 0.2) is 6.61 Å². The third-order valence-electron chi connectivity index (χ3n) is 4.73. The molecule has 29 heavy (non-hydrogen) atoms. The predicted molar refractivity (Wildman–Crippen MR) is 106 cm³/mol. The van der Waals surface area contributed by atoms with Gasteiger partial charge in [-0.2, -0.15) is 0 Å². The van der Waals surface area contributed by atoms with Crippen molar-refractivity contribution in [3.05, 3.63) is 64.2 Å². The molecule has 1 aliphatic heterocycles. The van der Waals surface area contributed by atoms with Gasteiger partial charge in [0, 0.05) is 11.3 Å². The molecule has 0 unspecified atom stereocenters. The van der Waals surface area contributed by atoms with Crippen LogP contribution in [0.4, 0.5) is 5.69 Å². The fraction of sp³-hybridized carbons (Fsp3) is 0.273. The van der Waals surface area contributed by atoms with Crippen LogP contribution in [0, 0.1) is 20.8 Å². The van der Waals surface area contributed by atoms with Crippen molar-refractivity contribution in [2.45, 2.75) is 27.2 Å². The number of esters is 1. The summed E-state index contributed by atoms with van der Waals surface area (Å²) < 4.78 is 4.97. The van der Waals surface area contributed by atoms with Crippen LogP contribution in [-0.4, -0.2) is 41.7 Å². The Labute approximate surface area is 168 Å². The molecule has 0 bridgehead atoms. The van der Waals surface area contributed by atoms with Crippen LogP contribution in [0.5, 0.6) is 0 Å². The lowest BCUT2D eigenvalue weighted by molar-refractivity contribution is -0.150. The Morgan fingerprint density at radius 3 is 2.41 bits per heavy atom. The standard InChI is InChI=1S/C22H22N2O5/c1-13-8-14(2)21(15(3)9-13)23-18(25)12-29-20(27)11-24-19(26)10-16-6-4-5-7-17(16)22(24)28/h4-9H,10-12H2,1-3H3,(H,23,25). The molecule has 0 atom stereocenters. The van der Waals surface area contributed by atoms with Gasteiger partial charge in [-0.3, -0.25) is 24.1 Å². The lowest BCUT2D eigenvalue weighted by Crippen LogP contribution is -2.45. The van der Waals surface area contributed by atoms with Crippen molar-refractivity contribution < 1.29 is 23.9 Å². The Hall–Kier alpha value is -3.48. The largest absolute Gasteiger partial charge is 0.454 e. The van der Waals surface area contributed by atoms with Gasteiger partial charge in [-0.05, 0) is 43.5 Å². The van der Waals surface area contributed by atoms with E-state index in [1.165, 1.54) is 0 Å². The lowest BCUT2D eigenvalue weighted by atomic mass is 9.98. The van der Waals surface area contributed by atoms with E-state index in [1.807, 2.05) is 32.9 Å². The van der Waals surface area contributed by atoms with Gasteiger partial charge in [0.05, 0.1) is 6.42 Å². The molecule has 2 aromatic rings. The molecule has 0 spiro atoms. The molecule has 7 heteroatoms. The van der Waals surface area contributed by atoms with Crippen molar-refractivity contribution in [2.24, 2.45) is 0 Å². The molecule has 0 fully saturated rings. The molecule has 0 radical (unpaired) electrons. The number of aryl methyl sites for hydroxylation is 3. The highest BCUT2D eigenvalue weighted by Crippen LogP contribution is 2.22. The van der Waals surface area contributed by atoms with Crippen LogP contribution >= 0.6 is 0 Å². The Morgan fingerprint density at radius 2 is 1.72 bits per heavy atom. The number of amides is 3. The molecular weight excluding hydrogens is 372 g/mol. The Balaban J connectivity index is 1.57. The van der Waals surface area contributed by atoms with E-state index in [1.54, 1.807) is 24.3 Å². The zero-order valence-electron chi connectivity index (χ0n) is 16.6. The number of nitrogens with zero attached hydrogens (tertiary/aromatic N) is 1. The molecule has 3 amide bonds. The topological polar surface area (TPSA) is 92.8 Å². The zero-order valence-corrected chi connectivity index (χ0v) is 16.6. The quantitative estimate of drug-likeness (QED) is 0.621. The number of fused-ring (bicyclic) bond motifs is 1. The summed E-state index contributed by atoms with van der Waals surface area (Å²) in [6.07, 6.45) is 0.0433. The summed E-state index contributed by atoms with van der Waals surface area (Å²) in [6.45, 7) is 4.70. The Kier molecular flexibility index (Phi) is 5.77. The smallest absolute Gasteiger partial charge is 0.326 e. The first kappa shape index (κ1) is 20.3. The number of hydrogen-bond acceptors (Lipinski definition) is 5. The van der Waals surface area contributed by atoms with Gasteiger partial charge in [-0.1, -0.05) is 35.9 Å². The summed E-state index contributed by atoms with van der Waals surface area (Å²) in [4.78, 5) is 49.8. The van der Waals surface area contributed by atoms with E-state index in [-0.39, 0.29) is 6.42 Å². The summed E-state index contributed by atoms with van der Waals surface area (Å²) in [5.74, 6) is -2.32. The van der Waals surface area contributed by atoms with Crippen LogP contribution in [0.2, 0.25) is 0 Å². The second-order valence-electron chi connectivity index (χ2n) is 7.10. The third-order valence-corrected chi connectivity index (χ3v) is 4.73. The van der Waals surface area contributed by atoms with Gasteiger partial charge in [-0.15, -0.1) is 0 Å². The van der Waals surface area contributed by atoms with E-state index < -0.39 is 36.8 Å². The van der Waals surface area contributed by atoms with Crippen LogP contribution in [0.1, 0.15) is 32.6 Å². The summed E-state index contributed by atoms with van der Waals surface area (Å²) in [5.41, 5.74) is 4.60. The number of nitrogens with one attached hydrogen (secondary N) is 1. The van der Waals surface area contributed by atoms with E-state index >= 15 is 0 Å². The first-order valence-corrected chi connectivity index (χ1v) is 9.22. The van der Waals surface area contributed by atoms with Crippen LogP contribution in [0.15, 0.2) is 36.4 Å². The average molecular weight is 394 g/mol. The van der Waals surface area contributed by atoms with Crippen LogP contribution < -0.4 is 5.32 Å². The van der Waals surface area contributed by atoms with Crippen molar-refractivity contribution in [1.82, 2.24) is 4.90 Å². The van der Waals surface area contributed by atoms with Crippen molar-refractivity contribution in [2.75, 3.05) is 18.5 Å².